The van der Waals surface area contributed by atoms with Gasteiger partial charge in [0.15, 0.2) is 11.5 Å². The van der Waals surface area contributed by atoms with Gasteiger partial charge in [-0.1, -0.05) is 0 Å². The molecule has 1 atom stereocenters. The highest BCUT2D eigenvalue weighted by Gasteiger charge is 2.59. The van der Waals surface area contributed by atoms with Crippen molar-refractivity contribution in [3.63, 3.8) is 0 Å². The van der Waals surface area contributed by atoms with Gasteiger partial charge in [0, 0.05) is 43.5 Å². The molecule has 1 saturated carbocycles. The Morgan fingerprint density at radius 1 is 1.03 bits per heavy atom. The zero-order chi connectivity index (χ0) is 21.6. The number of carbonyl (C=O) groups is 1. The van der Waals surface area contributed by atoms with Crippen molar-refractivity contribution in [2.45, 2.75) is 38.5 Å². The molecule has 3 fully saturated rings. The highest BCUT2D eigenvalue weighted by Crippen LogP contribution is 2.60. The molecule has 1 aliphatic carbocycles. The van der Waals surface area contributed by atoms with Crippen molar-refractivity contribution in [3.8, 4) is 11.5 Å². The summed E-state index contributed by atoms with van der Waals surface area (Å²) in [6.45, 7) is 3.58. The number of anilines is 2. The van der Waals surface area contributed by atoms with E-state index in [-0.39, 0.29) is 11.3 Å². The number of ether oxygens (including phenoxy) is 2. The van der Waals surface area contributed by atoms with Gasteiger partial charge < -0.3 is 25.0 Å². The molecule has 2 aromatic rings. The second-order valence-corrected chi connectivity index (χ2v) is 9.13. The number of hydrogen-bond donors (Lipinski definition) is 1. The Morgan fingerprint density at radius 3 is 2.39 bits per heavy atom. The van der Waals surface area contributed by atoms with Crippen molar-refractivity contribution in [2.24, 2.45) is 11.3 Å². The van der Waals surface area contributed by atoms with Gasteiger partial charge in [-0.15, -0.1) is 0 Å². The lowest BCUT2D eigenvalue weighted by Gasteiger charge is -2.34. The van der Waals surface area contributed by atoms with Gasteiger partial charge in [0.2, 0.25) is 11.9 Å². The fourth-order valence-corrected chi connectivity index (χ4v) is 5.34. The molecule has 5 rings (SSSR count). The Morgan fingerprint density at radius 2 is 1.71 bits per heavy atom. The summed E-state index contributed by atoms with van der Waals surface area (Å²) < 4.78 is 10.8. The minimum atomic E-state index is 0.185. The second kappa shape index (κ2) is 7.73. The van der Waals surface area contributed by atoms with E-state index in [1.807, 2.05) is 12.1 Å². The van der Waals surface area contributed by atoms with Crippen LogP contribution in [0.2, 0.25) is 0 Å². The van der Waals surface area contributed by atoms with Crippen LogP contribution >= 0.6 is 0 Å². The van der Waals surface area contributed by atoms with Crippen LogP contribution in [0.1, 0.15) is 38.5 Å². The monoisotopic (exact) mass is 425 g/mol. The Hall–Kier alpha value is -2.77. The third-order valence-electron chi connectivity index (χ3n) is 7.42. The molecule has 1 spiro atoms. The fourth-order valence-electron chi connectivity index (χ4n) is 5.34. The summed E-state index contributed by atoms with van der Waals surface area (Å²) in [5.41, 5.74) is 7.19. The number of nitrogens with zero attached hydrogens (tertiary/aromatic N) is 4. The number of piperidine rings is 2. The van der Waals surface area contributed by atoms with Crippen LogP contribution in [-0.4, -0.2) is 61.2 Å². The summed E-state index contributed by atoms with van der Waals surface area (Å²) >= 11 is 0. The number of rotatable bonds is 4. The normalized spacial score (nSPS) is 22.6. The SMILES string of the molecule is COc1cc2nc(N3CCC4(CC3)CC4C(=O)N3CCCCC3)nc(N)c2cc1OC. The van der Waals surface area contributed by atoms with Gasteiger partial charge in [0.05, 0.1) is 19.7 Å². The summed E-state index contributed by atoms with van der Waals surface area (Å²) in [5.74, 6) is 2.91. The van der Waals surface area contributed by atoms with Gasteiger partial charge in [-0.3, -0.25) is 4.79 Å². The molecular formula is C23H31N5O3. The predicted octanol–water partition coefficient (Wildman–Crippen LogP) is 2.85. The van der Waals surface area contributed by atoms with E-state index < -0.39 is 0 Å². The van der Waals surface area contributed by atoms with Crippen molar-refractivity contribution in [1.82, 2.24) is 14.9 Å². The Labute approximate surface area is 182 Å². The molecule has 8 heteroatoms. The minimum absolute atomic E-state index is 0.185. The first-order valence-corrected chi connectivity index (χ1v) is 11.3. The Bertz CT molecular complexity index is 996. The number of methoxy groups -OCH3 is 2. The number of carbonyl (C=O) groups excluding carboxylic acids is 1. The molecule has 31 heavy (non-hydrogen) atoms. The van der Waals surface area contributed by atoms with Crippen LogP contribution < -0.4 is 20.1 Å². The predicted molar refractivity (Wildman–Crippen MR) is 119 cm³/mol. The van der Waals surface area contributed by atoms with E-state index in [0.717, 1.165) is 69.2 Å². The molecule has 1 amide bonds. The minimum Gasteiger partial charge on any atom is -0.493 e. The maximum absolute atomic E-state index is 12.9. The van der Waals surface area contributed by atoms with Crippen molar-refractivity contribution >= 4 is 28.6 Å². The molecular weight excluding hydrogens is 394 g/mol. The van der Waals surface area contributed by atoms with Gasteiger partial charge >= 0.3 is 0 Å². The standard InChI is InChI=1S/C23H31N5O3/c1-30-18-12-15-17(13-19(18)31-2)25-22(26-20(15)24)28-10-6-23(7-11-28)14-16(23)21(29)27-8-4-3-5-9-27/h12-13,16H,3-11,14H2,1-2H3,(H2,24,25,26). The first-order chi connectivity index (χ1) is 15.0. The number of aromatic nitrogens is 2. The molecule has 3 aliphatic rings. The number of hydrogen-bond acceptors (Lipinski definition) is 7. The Kier molecular flexibility index (Phi) is 5.02. The third-order valence-corrected chi connectivity index (χ3v) is 7.42. The summed E-state index contributed by atoms with van der Waals surface area (Å²) in [6.07, 6.45) is 6.60. The zero-order valence-corrected chi connectivity index (χ0v) is 18.4. The number of amides is 1. The quantitative estimate of drug-likeness (QED) is 0.805. The van der Waals surface area contributed by atoms with Crippen molar-refractivity contribution in [3.05, 3.63) is 12.1 Å². The van der Waals surface area contributed by atoms with E-state index in [2.05, 4.69) is 14.8 Å². The number of nitrogen functional groups attached to an aromatic ring is 1. The maximum atomic E-state index is 12.9. The van der Waals surface area contributed by atoms with Gasteiger partial charge in [-0.25, -0.2) is 4.98 Å². The molecule has 1 unspecified atom stereocenters. The lowest BCUT2D eigenvalue weighted by molar-refractivity contribution is -0.134. The molecule has 2 aliphatic heterocycles. The summed E-state index contributed by atoms with van der Waals surface area (Å²) in [5, 5.41) is 0.754. The topological polar surface area (TPSA) is 93.8 Å². The zero-order valence-electron chi connectivity index (χ0n) is 18.4. The largest absolute Gasteiger partial charge is 0.493 e. The number of fused-ring (bicyclic) bond motifs is 1. The van der Waals surface area contributed by atoms with Crippen LogP contribution in [0.4, 0.5) is 11.8 Å². The average Bonchev–Trinajstić information content (AvgIpc) is 3.51. The highest BCUT2D eigenvalue weighted by atomic mass is 16.5. The molecule has 8 nitrogen and oxygen atoms in total. The van der Waals surface area contributed by atoms with E-state index >= 15 is 0 Å². The molecule has 2 saturated heterocycles. The first kappa shape index (κ1) is 20.2. The molecule has 1 aromatic heterocycles. The lowest BCUT2D eigenvalue weighted by Crippen LogP contribution is -2.40. The summed E-state index contributed by atoms with van der Waals surface area (Å²) in [4.78, 5) is 26.6. The fraction of sp³-hybridized carbons (Fsp3) is 0.609. The molecule has 0 radical (unpaired) electrons. The molecule has 1 aromatic carbocycles. The summed E-state index contributed by atoms with van der Waals surface area (Å²) in [6, 6.07) is 3.66. The van der Waals surface area contributed by atoms with Crippen LogP contribution in [0.3, 0.4) is 0 Å². The number of nitrogens with two attached hydrogens (primary N) is 1. The van der Waals surface area contributed by atoms with Crippen LogP contribution in [-0.2, 0) is 4.79 Å². The van der Waals surface area contributed by atoms with Gasteiger partial charge in [-0.05, 0) is 50.0 Å². The smallest absolute Gasteiger partial charge is 0.227 e. The van der Waals surface area contributed by atoms with Crippen molar-refractivity contribution in [2.75, 3.05) is 51.0 Å². The lowest BCUT2D eigenvalue weighted by atomic mass is 9.90. The van der Waals surface area contributed by atoms with Crippen LogP contribution in [0, 0.1) is 11.3 Å². The first-order valence-electron chi connectivity index (χ1n) is 11.3. The van der Waals surface area contributed by atoms with Gasteiger partial charge in [-0.2, -0.15) is 4.98 Å². The van der Waals surface area contributed by atoms with Crippen LogP contribution in [0.25, 0.3) is 10.9 Å². The molecule has 2 N–H and O–H groups in total. The van der Waals surface area contributed by atoms with Crippen LogP contribution in [0.15, 0.2) is 12.1 Å². The maximum Gasteiger partial charge on any atom is 0.227 e. The van der Waals surface area contributed by atoms with Crippen molar-refractivity contribution in [1.29, 1.82) is 0 Å². The second-order valence-electron chi connectivity index (χ2n) is 9.13. The number of likely N-dealkylation sites (tertiary alicyclic amines) is 1. The van der Waals surface area contributed by atoms with Gasteiger partial charge in [0.1, 0.15) is 5.82 Å². The van der Waals surface area contributed by atoms with E-state index in [0.29, 0.717) is 29.2 Å². The van der Waals surface area contributed by atoms with Gasteiger partial charge in [0.25, 0.3) is 0 Å². The summed E-state index contributed by atoms with van der Waals surface area (Å²) in [7, 11) is 3.20. The van der Waals surface area contributed by atoms with Crippen LogP contribution in [0.5, 0.6) is 11.5 Å². The average molecular weight is 426 g/mol. The highest BCUT2D eigenvalue weighted by molar-refractivity contribution is 5.91. The molecule has 3 heterocycles. The van der Waals surface area contributed by atoms with Crippen molar-refractivity contribution < 1.29 is 14.3 Å². The Balaban J connectivity index is 1.30. The number of benzene rings is 1. The van der Waals surface area contributed by atoms with E-state index in [4.69, 9.17) is 20.2 Å². The van der Waals surface area contributed by atoms with E-state index in [1.165, 1.54) is 6.42 Å². The molecule has 0 bridgehead atoms. The van der Waals surface area contributed by atoms with E-state index in [1.54, 1.807) is 14.2 Å². The third kappa shape index (κ3) is 3.51. The van der Waals surface area contributed by atoms with E-state index in [9.17, 15) is 4.79 Å². The molecule has 166 valence electrons.